The molecule has 0 aliphatic heterocycles. The number of aryl methyl sites for hydroxylation is 1. The van der Waals surface area contributed by atoms with Crippen LogP contribution < -0.4 is 16.0 Å². The fourth-order valence-corrected chi connectivity index (χ4v) is 2.42. The van der Waals surface area contributed by atoms with Crippen molar-refractivity contribution in [3.05, 3.63) is 59.4 Å². The van der Waals surface area contributed by atoms with E-state index in [2.05, 4.69) is 23.4 Å². The van der Waals surface area contributed by atoms with E-state index < -0.39 is 0 Å². The van der Waals surface area contributed by atoms with Gasteiger partial charge in [0.15, 0.2) is 0 Å². The smallest absolute Gasteiger partial charge is 0.120 e. The molecule has 0 radical (unpaired) electrons. The fraction of sp³-hybridized carbons (Fsp3) is 0.353. The lowest BCUT2D eigenvalue weighted by molar-refractivity contribution is 0.242. The van der Waals surface area contributed by atoms with Crippen molar-refractivity contribution in [2.24, 2.45) is 5.84 Å². The van der Waals surface area contributed by atoms with Gasteiger partial charge in [-0.15, -0.1) is 0 Å². The Bertz CT molecular complexity index is 584. The van der Waals surface area contributed by atoms with E-state index in [-0.39, 0.29) is 12.1 Å². The van der Waals surface area contributed by atoms with Crippen molar-refractivity contribution in [1.29, 1.82) is 0 Å². The fourth-order valence-electron chi connectivity index (χ4n) is 2.42. The molecule has 1 heterocycles. The molecule has 0 amide bonds. The molecular weight excluding hydrogens is 262 g/mol. The summed E-state index contributed by atoms with van der Waals surface area (Å²) < 4.78 is 5.76. The van der Waals surface area contributed by atoms with Gasteiger partial charge in [-0.3, -0.25) is 10.8 Å². The van der Waals surface area contributed by atoms with Crippen molar-refractivity contribution >= 4 is 0 Å². The van der Waals surface area contributed by atoms with E-state index in [0.29, 0.717) is 0 Å². The number of hydrazine groups is 1. The summed E-state index contributed by atoms with van der Waals surface area (Å²) in [5, 5.41) is 0. The molecule has 0 spiro atoms. The average molecular weight is 285 g/mol. The van der Waals surface area contributed by atoms with E-state index >= 15 is 0 Å². The molecule has 2 aromatic rings. The summed E-state index contributed by atoms with van der Waals surface area (Å²) >= 11 is 0. The minimum Gasteiger partial charge on any atom is -0.491 e. The van der Waals surface area contributed by atoms with Crippen molar-refractivity contribution in [2.45, 2.75) is 39.3 Å². The Morgan fingerprint density at radius 2 is 2.10 bits per heavy atom. The van der Waals surface area contributed by atoms with Gasteiger partial charge in [0.25, 0.3) is 0 Å². The first-order chi connectivity index (χ1) is 10.2. The van der Waals surface area contributed by atoms with Crippen molar-refractivity contribution in [3.63, 3.8) is 0 Å². The van der Waals surface area contributed by atoms with Crippen LogP contribution in [0.25, 0.3) is 0 Å². The van der Waals surface area contributed by atoms with Crippen LogP contribution in [0.4, 0.5) is 0 Å². The van der Waals surface area contributed by atoms with Gasteiger partial charge in [-0.2, -0.15) is 0 Å². The predicted octanol–water partition coefficient (Wildman–Crippen LogP) is 2.98. The molecule has 0 aliphatic carbocycles. The van der Waals surface area contributed by atoms with Crippen LogP contribution in [0.2, 0.25) is 0 Å². The van der Waals surface area contributed by atoms with Gasteiger partial charge in [0.1, 0.15) is 5.75 Å². The SMILES string of the molecule is CCc1cnccc1C(NN)c1cccc(OC(C)C)c1. The van der Waals surface area contributed by atoms with Crippen LogP contribution in [0.3, 0.4) is 0 Å². The topological polar surface area (TPSA) is 60.2 Å². The van der Waals surface area contributed by atoms with Crippen molar-refractivity contribution in [3.8, 4) is 5.75 Å². The Kier molecular flexibility index (Phi) is 5.31. The molecule has 1 atom stereocenters. The van der Waals surface area contributed by atoms with Crippen LogP contribution in [-0.2, 0) is 6.42 Å². The molecular formula is C17H23N3O. The molecule has 2 rings (SSSR count). The Labute approximate surface area is 126 Å². The van der Waals surface area contributed by atoms with Crippen LogP contribution in [0.15, 0.2) is 42.7 Å². The summed E-state index contributed by atoms with van der Waals surface area (Å²) in [5.41, 5.74) is 6.33. The Morgan fingerprint density at radius 1 is 1.29 bits per heavy atom. The summed E-state index contributed by atoms with van der Waals surface area (Å²) in [6, 6.07) is 9.98. The molecule has 1 aromatic heterocycles. The quantitative estimate of drug-likeness (QED) is 0.633. The Balaban J connectivity index is 2.37. The molecule has 3 N–H and O–H groups in total. The second kappa shape index (κ2) is 7.20. The Hall–Kier alpha value is -1.91. The van der Waals surface area contributed by atoms with E-state index in [0.717, 1.165) is 23.3 Å². The van der Waals surface area contributed by atoms with E-state index in [1.54, 1.807) is 6.20 Å². The second-order valence-electron chi connectivity index (χ2n) is 5.27. The van der Waals surface area contributed by atoms with Crippen LogP contribution in [0.1, 0.15) is 43.5 Å². The van der Waals surface area contributed by atoms with E-state index in [4.69, 9.17) is 10.6 Å². The molecule has 0 saturated heterocycles. The van der Waals surface area contributed by atoms with Crippen LogP contribution in [0.5, 0.6) is 5.75 Å². The number of benzene rings is 1. The summed E-state index contributed by atoms with van der Waals surface area (Å²) in [5.74, 6) is 6.66. The lowest BCUT2D eigenvalue weighted by Crippen LogP contribution is -2.29. The standard InChI is InChI=1S/C17H23N3O/c1-4-13-11-19-9-8-16(13)17(20-18)14-6-5-7-15(10-14)21-12(2)3/h5-12,17,20H,4,18H2,1-3H3. The highest BCUT2D eigenvalue weighted by Crippen LogP contribution is 2.27. The lowest BCUT2D eigenvalue weighted by atomic mass is 9.95. The molecule has 21 heavy (non-hydrogen) atoms. The van der Waals surface area contributed by atoms with Crippen LogP contribution >= 0.6 is 0 Å². The van der Waals surface area contributed by atoms with Gasteiger partial charge >= 0.3 is 0 Å². The van der Waals surface area contributed by atoms with Gasteiger partial charge in [-0.25, -0.2) is 5.43 Å². The molecule has 4 nitrogen and oxygen atoms in total. The maximum atomic E-state index is 5.80. The molecule has 112 valence electrons. The van der Waals surface area contributed by atoms with Gasteiger partial charge in [0, 0.05) is 12.4 Å². The number of nitrogens with zero attached hydrogens (tertiary/aromatic N) is 1. The molecule has 0 bridgehead atoms. The predicted molar refractivity (Wildman–Crippen MR) is 85.0 cm³/mol. The first-order valence-corrected chi connectivity index (χ1v) is 7.31. The van der Waals surface area contributed by atoms with Gasteiger partial charge in [0.2, 0.25) is 0 Å². The minimum atomic E-state index is -0.0707. The number of aromatic nitrogens is 1. The normalized spacial score (nSPS) is 12.4. The highest BCUT2D eigenvalue weighted by atomic mass is 16.5. The number of hydrogen-bond donors (Lipinski definition) is 2. The average Bonchev–Trinajstić information content (AvgIpc) is 2.48. The molecule has 4 heteroatoms. The third-order valence-electron chi connectivity index (χ3n) is 3.36. The van der Waals surface area contributed by atoms with Crippen molar-refractivity contribution < 1.29 is 4.74 Å². The first kappa shape index (κ1) is 15.5. The van der Waals surface area contributed by atoms with E-state index in [9.17, 15) is 0 Å². The highest BCUT2D eigenvalue weighted by Gasteiger charge is 2.16. The maximum absolute atomic E-state index is 5.80. The first-order valence-electron chi connectivity index (χ1n) is 7.31. The lowest BCUT2D eigenvalue weighted by Gasteiger charge is -2.20. The maximum Gasteiger partial charge on any atom is 0.120 e. The largest absolute Gasteiger partial charge is 0.491 e. The summed E-state index contributed by atoms with van der Waals surface area (Å²) in [7, 11) is 0. The zero-order valence-corrected chi connectivity index (χ0v) is 12.8. The summed E-state index contributed by atoms with van der Waals surface area (Å²) in [4.78, 5) is 4.19. The second-order valence-corrected chi connectivity index (χ2v) is 5.27. The molecule has 1 aromatic carbocycles. The minimum absolute atomic E-state index is 0.0707. The van der Waals surface area contributed by atoms with Gasteiger partial charge in [-0.05, 0) is 55.2 Å². The number of rotatable bonds is 6. The number of ether oxygens (including phenoxy) is 1. The number of hydrogen-bond acceptors (Lipinski definition) is 4. The summed E-state index contributed by atoms with van der Waals surface area (Å²) in [6.07, 6.45) is 4.77. The Morgan fingerprint density at radius 3 is 2.76 bits per heavy atom. The highest BCUT2D eigenvalue weighted by molar-refractivity contribution is 5.39. The zero-order chi connectivity index (χ0) is 15.2. The number of nitrogens with one attached hydrogen (secondary N) is 1. The monoisotopic (exact) mass is 285 g/mol. The van der Waals surface area contributed by atoms with E-state index in [1.165, 1.54) is 5.56 Å². The third kappa shape index (κ3) is 3.80. The molecule has 0 aliphatic rings. The molecule has 0 saturated carbocycles. The number of nitrogens with two attached hydrogens (primary N) is 1. The molecule has 0 fully saturated rings. The van der Waals surface area contributed by atoms with Crippen molar-refractivity contribution in [2.75, 3.05) is 0 Å². The van der Waals surface area contributed by atoms with Crippen LogP contribution in [-0.4, -0.2) is 11.1 Å². The van der Waals surface area contributed by atoms with Crippen molar-refractivity contribution in [1.82, 2.24) is 10.4 Å². The summed E-state index contributed by atoms with van der Waals surface area (Å²) in [6.45, 7) is 6.15. The van der Waals surface area contributed by atoms with Gasteiger partial charge in [-0.1, -0.05) is 19.1 Å². The van der Waals surface area contributed by atoms with Gasteiger partial charge in [0.05, 0.1) is 12.1 Å². The zero-order valence-electron chi connectivity index (χ0n) is 12.8. The number of pyridine rings is 1. The van der Waals surface area contributed by atoms with Crippen LogP contribution in [0, 0.1) is 0 Å². The van der Waals surface area contributed by atoms with E-state index in [1.807, 2.05) is 44.3 Å². The third-order valence-corrected chi connectivity index (χ3v) is 3.36. The van der Waals surface area contributed by atoms with Gasteiger partial charge < -0.3 is 4.74 Å². The molecule has 1 unspecified atom stereocenters.